The number of phenolic OH excluding ortho intramolecular Hbond substituents is 1. The number of benzene rings is 1. The minimum absolute atomic E-state index is 0.0572. The Bertz CT molecular complexity index is 1130. The summed E-state index contributed by atoms with van der Waals surface area (Å²) in [6.45, 7) is 3.89. The topological polar surface area (TPSA) is 135 Å². The molecule has 214 valence electrons. The number of halogens is 1. The highest BCUT2D eigenvalue weighted by Gasteiger charge is 2.54. The summed E-state index contributed by atoms with van der Waals surface area (Å²) in [6.07, 6.45) is 5.51. The number of hydrogen-bond donors (Lipinski definition) is 4. The minimum Gasteiger partial charge on any atom is -0.508 e. The van der Waals surface area contributed by atoms with E-state index in [2.05, 4.69) is 0 Å². The lowest BCUT2D eigenvalue weighted by atomic mass is 9.67. The first kappa shape index (κ1) is 30.9. The number of imide groups is 1. The molecule has 2 aliphatic rings. The molecule has 39 heavy (non-hydrogen) atoms. The number of aromatic hydroxyl groups is 1. The third-order valence-electron chi connectivity index (χ3n) is 8.07. The van der Waals surface area contributed by atoms with E-state index < -0.39 is 29.8 Å². The van der Waals surface area contributed by atoms with E-state index in [4.69, 9.17) is 16.7 Å². The molecule has 1 saturated heterocycles. The number of carboxylic acid groups (broad SMARTS) is 1. The highest BCUT2D eigenvalue weighted by atomic mass is 35.5. The molecule has 1 aliphatic heterocycles. The van der Waals surface area contributed by atoms with Crippen LogP contribution in [0.1, 0.15) is 77.2 Å². The number of fused-ring (bicyclic) bond motifs is 1. The van der Waals surface area contributed by atoms with Gasteiger partial charge in [-0.2, -0.15) is 0 Å². The molecular weight excluding hydrogens is 522 g/mol. The fraction of sp³-hybridized carbons (Fsp3) is 0.567. The largest absolute Gasteiger partial charge is 0.508 e. The number of carbonyl (C=O) groups is 3. The second kappa shape index (κ2) is 14.1. The number of unbranched alkanes of at least 4 members (excludes halogenated alkanes) is 2. The third-order valence-corrected chi connectivity index (χ3v) is 8.39. The van der Waals surface area contributed by atoms with E-state index in [0.29, 0.717) is 55.5 Å². The Kier molecular flexibility index (Phi) is 11.2. The fourth-order valence-corrected chi connectivity index (χ4v) is 6.22. The minimum atomic E-state index is -0.866. The molecule has 8 nitrogen and oxygen atoms in total. The number of carbonyl (C=O) groups excluding carboxylic acids is 2. The number of hydrogen-bond acceptors (Lipinski definition) is 6. The van der Waals surface area contributed by atoms with Gasteiger partial charge in [-0.25, -0.2) is 0 Å². The maximum atomic E-state index is 13.4. The molecular formula is C30H40ClNO7. The predicted molar refractivity (Wildman–Crippen MR) is 149 cm³/mol. The van der Waals surface area contributed by atoms with Crippen molar-refractivity contribution >= 4 is 35.5 Å². The average Bonchev–Trinajstić information content (AvgIpc) is 3.14. The van der Waals surface area contributed by atoms with E-state index in [0.717, 1.165) is 23.1 Å². The van der Waals surface area contributed by atoms with E-state index in [1.165, 1.54) is 11.0 Å². The first-order valence-electron chi connectivity index (χ1n) is 13.9. The number of likely N-dealkylation sites (tertiary alicyclic amines) is 1. The molecule has 1 heterocycles. The lowest BCUT2D eigenvalue weighted by molar-refractivity contribution is -0.141. The lowest BCUT2D eigenvalue weighted by Crippen LogP contribution is -2.39. The quantitative estimate of drug-likeness (QED) is 0.143. The SMILES string of the molecule is CCC1=C([C@H](O)CC/C(=C/c2ccc(O)cc2Cl)CC)[C@H](CO)[C@@H]2C(=O)N(CCCCCC(=O)O)C(=O)[C@@H]2C1. The van der Waals surface area contributed by atoms with E-state index >= 15 is 0 Å². The number of carboxylic acids is 1. The summed E-state index contributed by atoms with van der Waals surface area (Å²) in [5.41, 5.74) is 3.46. The van der Waals surface area contributed by atoms with Crippen LogP contribution >= 0.6 is 11.6 Å². The molecule has 4 N–H and O–H groups in total. The van der Waals surface area contributed by atoms with Crippen molar-refractivity contribution in [3.63, 3.8) is 0 Å². The summed E-state index contributed by atoms with van der Waals surface area (Å²) in [7, 11) is 0. The van der Waals surface area contributed by atoms with E-state index in [-0.39, 0.29) is 37.1 Å². The number of amides is 2. The molecule has 3 rings (SSSR count). The van der Waals surface area contributed by atoms with Gasteiger partial charge >= 0.3 is 5.97 Å². The average molecular weight is 562 g/mol. The first-order valence-corrected chi connectivity index (χ1v) is 14.3. The summed E-state index contributed by atoms with van der Waals surface area (Å²) in [5, 5.41) is 40.6. The lowest BCUT2D eigenvalue weighted by Gasteiger charge is -2.36. The van der Waals surface area contributed by atoms with Gasteiger partial charge in [0.1, 0.15) is 5.75 Å². The summed E-state index contributed by atoms with van der Waals surface area (Å²) >= 11 is 6.26. The molecule has 4 atom stereocenters. The zero-order valence-corrected chi connectivity index (χ0v) is 23.5. The number of aliphatic hydroxyl groups excluding tert-OH is 2. The first-order chi connectivity index (χ1) is 18.6. The van der Waals surface area contributed by atoms with Gasteiger partial charge in [-0.3, -0.25) is 19.3 Å². The van der Waals surface area contributed by atoms with E-state index in [9.17, 15) is 29.7 Å². The Morgan fingerprint density at radius 1 is 1.15 bits per heavy atom. The molecule has 0 spiro atoms. The Morgan fingerprint density at radius 2 is 1.90 bits per heavy atom. The van der Waals surface area contributed by atoms with Crippen molar-refractivity contribution < 1.29 is 34.8 Å². The van der Waals surface area contributed by atoms with Crippen LogP contribution < -0.4 is 0 Å². The van der Waals surface area contributed by atoms with E-state index in [1.54, 1.807) is 12.1 Å². The highest BCUT2D eigenvalue weighted by molar-refractivity contribution is 6.32. The second-order valence-corrected chi connectivity index (χ2v) is 10.9. The summed E-state index contributed by atoms with van der Waals surface area (Å²) < 4.78 is 0. The number of aliphatic carboxylic acids is 1. The fourth-order valence-electron chi connectivity index (χ4n) is 5.99. The Morgan fingerprint density at radius 3 is 2.51 bits per heavy atom. The zero-order valence-electron chi connectivity index (χ0n) is 22.7. The van der Waals surface area contributed by atoms with Gasteiger partial charge in [0, 0.05) is 18.9 Å². The molecule has 0 aromatic heterocycles. The summed E-state index contributed by atoms with van der Waals surface area (Å²) in [5.74, 6) is -3.17. The summed E-state index contributed by atoms with van der Waals surface area (Å²) in [4.78, 5) is 38.6. The Labute approximate surface area is 235 Å². The van der Waals surface area contributed by atoms with Gasteiger partial charge in [-0.05, 0) is 74.3 Å². The van der Waals surface area contributed by atoms with Crippen LogP contribution in [0, 0.1) is 17.8 Å². The Balaban J connectivity index is 1.74. The van der Waals surface area contributed by atoms with Crippen LogP contribution in [0.3, 0.4) is 0 Å². The van der Waals surface area contributed by atoms with Crippen LogP contribution in [0.15, 0.2) is 34.9 Å². The molecule has 2 amide bonds. The highest BCUT2D eigenvalue weighted by Crippen LogP contribution is 2.47. The second-order valence-electron chi connectivity index (χ2n) is 10.5. The van der Waals surface area contributed by atoms with Gasteiger partial charge in [0.05, 0.1) is 29.6 Å². The van der Waals surface area contributed by atoms with Crippen molar-refractivity contribution in [2.45, 2.75) is 77.7 Å². The number of rotatable bonds is 14. The molecule has 0 radical (unpaired) electrons. The van der Waals surface area contributed by atoms with Crippen molar-refractivity contribution in [3.05, 3.63) is 45.5 Å². The Hall–Kier alpha value is -2.68. The smallest absolute Gasteiger partial charge is 0.303 e. The zero-order chi connectivity index (χ0) is 28.7. The maximum Gasteiger partial charge on any atom is 0.303 e. The van der Waals surface area contributed by atoms with Crippen LogP contribution in [0.25, 0.3) is 6.08 Å². The summed E-state index contributed by atoms with van der Waals surface area (Å²) in [6, 6.07) is 4.80. The van der Waals surface area contributed by atoms with Crippen LogP contribution in [0.4, 0.5) is 0 Å². The van der Waals surface area contributed by atoms with Crippen molar-refractivity contribution in [2.75, 3.05) is 13.2 Å². The van der Waals surface area contributed by atoms with Gasteiger partial charge in [-0.1, -0.05) is 49.1 Å². The molecule has 9 heteroatoms. The van der Waals surface area contributed by atoms with Crippen molar-refractivity contribution in [2.24, 2.45) is 17.8 Å². The van der Waals surface area contributed by atoms with Gasteiger partial charge in [0.2, 0.25) is 11.8 Å². The molecule has 0 saturated carbocycles. The number of aliphatic hydroxyl groups is 2. The maximum absolute atomic E-state index is 13.4. The number of allylic oxidation sites excluding steroid dienone is 2. The van der Waals surface area contributed by atoms with Gasteiger partial charge in [0.15, 0.2) is 0 Å². The third kappa shape index (κ3) is 7.29. The van der Waals surface area contributed by atoms with Crippen molar-refractivity contribution in [1.29, 1.82) is 0 Å². The molecule has 1 aromatic carbocycles. The standard InChI is InChI=1S/C30H40ClNO7/c1-3-18(14-20-10-11-21(34)16-24(20)31)9-12-25(35)27-19(4-2)15-22-28(23(27)17-33)30(39)32(29(22)38)13-7-5-6-8-26(36)37/h10-11,14,16,22-23,25,28,33-35H,3-9,12-13,15,17H2,1-2H3,(H,36,37)/b18-14+/t22-,23+,25-,28-/m1/s1. The van der Waals surface area contributed by atoms with Crippen molar-refractivity contribution in [1.82, 2.24) is 4.90 Å². The van der Waals surface area contributed by atoms with Gasteiger partial charge in [-0.15, -0.1) is 0 Å². The van der Waals surface area contributed by atoms with Crippen LogP contribution in [-0.4, -0.2) is 62.4 Å². The molecule has 1 aromatic rings. The molecule has 1 fully saturated rings. The molecule has 1 aliphatic carbocycles. The number of nitrogens with zero attached hydrogens (tertiary/aromatic N) is 1. The predicted octanol–water partition coefficient (Wildman–Crippen LogP) is 4.95. The monoisotopic (exact) mass is 561 g/mol. The van der Waals surface area contributed by atoms with Gasteiger partial charge in [0.25, 0.3) is 0 Å². The van der Waals surface area contributed by atoms with Crippen LogP contribution in [0.5, 0.6) is 5.75 Å². The normalized spacial score (nSPS) is 22.4. The molecule has 0 unspecified atom stereocenters. The van der Waals surface area contributed by atoms with Crippen molar-refractivity contribution in [3.8, 4) is 5.75 Å². The van der Waals surface area contributed by atoms with Crippen LogP contribution in [-0.2, 0) is 14.4 Å². The van der Waals surface area contributed by atoms with Crippen LogP contribution in [0.2, 0.25) is 5.02 Å². The molecule has 0 bridgehead atoms. The van der Waals surface area contributed by atoms with Gasteiger partial charge < -0.3 is 20.4 Å². The van der Waals surface area contributed by atoms with E-state index in [1.807, 2.05) is 19.9 Å². The number of phenols is 1.